The molecule has 0 aliphatic heterocycles. The molecule has 0 heterocycles. The molecule has 3 saturated carbocycles. The lowest BCUT2D eigenvalue weighted by molar-refractivity contribution is -0.157. The van der Waals surface area contributed by atoms with Gasteiger partial charge < -0.3 is 9.47 Å². The van der Waals surface area contributed by atoms with Crippen LogP contribution in [-0.2, 0) is 20.7 Å². The number of ether oxygens (including phenoxy) is 2. The van der Waals surface area contributed by atoms with Crippen LogP contribution in [0.1, 0.15) is 159 Å². The first-order chi connectivity index (χ1) is 21.0. The van der Waals surface area contributed by atoms with E-state index in [1.54, 1.807) is 0 Å². The molecule has 0 radical (unpaired) electrons. The largest absolute Gasteiger partial charge is 0.462 e. The van der Waals surface area contributed by atoms with Crippen LogP contribution >= 0.6 is 0 Å². The smallest absolute Gasteiger partial charge is 0.314 e. The molecule has 0 aromatic heterocycles. The van der Waals surface area contributed by atoms with E-state index in [0.717, 1.165) is 81.6 Å². The number of carbonyl (C=O) groups is 2. The van der Waals surface area contributed by atoms with Gasteiger partial charge in [-0.3, -0.25) is 9.59 Å². The highest BCUT2D eigenvalue weighted by atomic mass is 16.5. The van der Waals surface area contributed by atoms with Crippen LogP contribution in [0.3, 0.4) is 0 Å². The van der Waals surface area contributed by atoms with E-state index in [0.29, 0.717) is 18.1 Å². The molecule has 240 valence electrons. The Labute approximate surface area is 262 Å². The van der Waals surface area contributed by atoms with Crippen molar-refractivity contribution < 1.29 is 19.1 Å². The summed E-state index contributed by atoms with van der Waals surface area (Å²) >= 11 is 0. The van der Waals surface area contributed by atoms with E-state index in [4.69, 9.17) is 9.47 Å². The third kappa shape index (κ3) is 10.5. The molecule has 0 saturated heterocycles. The third-order valence-corrected chi connectivity index (χ3v) is 10.9. The summed E-state index contributed by atoms with van der Waals surface area (Å²) in [6, 6.07) is 6.38. The number of hydrogen-bond donors (Lipinski definition) is 0. The number of esters is 2. The van der Waals surface area contributed by atoms with Crippen molar-refractivity contribution in [1.29, 1.82) is 0 Å². The molecule has 43 heavy (non-hydrogen) atoms. The van der Waals surface area contributed by atoms with Crippen LogP contribution in [0.15, 0.2) is 30.9 Å². The van der Waals surface area contributed by atoms with Crippen molar-refractivity contribution in [1.82, 2.24) is 0 Å². The fourth-order valence-corrected chi connectivity index (χ4v) is 7.97. The summed E-state index contributed by atoms with van der Waals surface area (Å²) in [6.45, 7) is 8.47. The van der Waals surface area contributed by atoms with Crippen LogP contribution in [0.4, 0.5) is 0 Å². The number of benzene rings is 1. The predicted octanol–water partition coefficient (Wildman–Crippen LogP) is 10.7. The summed E-state index contributed by atoms with van der Waals surface area (Å²) in [5, 5.41) is 0. The van der Waals surface area contributed by atoms with Gasteiger partial charge in [0.25, 0.3) is 0 Å². The molecule has 4 rings (SSSR count). The zero-order valence-electron chi connectivity index (χ0n) is 27.5. The molecule has 3 fully saturated rings. The number of allylic oxidation sites excluding steroid dienone is 1. The van der Waals surface area contributed by atoms with Gasteiger partial charge in [-0.15, -0.1) is 6.58 Å². The summed E-state index contributed by atoms with van der Waals surface area (Å²) < 4.78 is 12.1. The second-order valence-corrected chi connectivity index (χ2v) is 14.1. The molecule has 3 aliphatic rings. The zero-order chi connectivity index (χ0) is 30.4. The molecule has 0 atom stereocenters. The maximum Gasteiger partial charge on any atom is 0.314 e. The van der Waals surface area contributed by atoms with Gasteiger partial charge in [0, 0.05) is 0 Å². The van der Waals surface area contributed by atoms with Crippen LogP contribution in [0, 0.1) is 23.7 Å². The van der Waals surface area contributed by atoms with Gasteiger partial charge in [0.1, 0.15) is 11.9 Å². The number of carbonyl (C=O) groups excluding carboxylic acids is 2. The lowest BCUT2D eigenvalue weighted by Gasteiger charge is -2.32. The van der Waals surface area contributed by atoms with Gasteiger partial charge in [0.15, 0.2) is 0 Å². The van der Waals surface area contributed by atoms with Gasteiger partial charge in [-0.2, -0.15) is 0 Å². The van der Waals surface area contributed by atoms with Crippen molar-refractivity contribution in [3.05, 3.63) is 42.0 Å². The lowest BCUT2D eigenvalue weighted by atomic mass is 9.79. The summed E-state index contributed by atoms with van der Waals surface area (Å²) in [4.78, 5) is 26.0. The lowest BCUT2D eigenvalue weighted by Crippen LogP contribution is -2.30. The van der Waals surface area contributed by atoms with Gasteiger partial charge >= 0.3 is 11.9 Å². The molecule has 4 nitrogen and oxygen atoms in total. The topological polar surface area (TPSA) is 52.6 Å². The van der Waals surface area contributed by atoms with Crippen LogP contribution in [0.2, 0.25) is 0 Å². The van der Waals surface area contributed by atoms with Crippen LogP contribution in [0.25, 0.3) is 0 Å². The Kier molecular flexibility index (Phi) is 14.2. The molecule has 0 N–H and O–H groups in total. The highest BCUT2D eigenvalue weighted by molar-refractivity contribution is 5.75. The van der Waals surface area contributed by atoms with Crippen molar-refractivity contribution in [2.24, 2.45) is 23.7 Å². The Bertz CT molecular complexity index is 990. The summed E-state index contributed by atoms with van der Waals surface area (Å²) in [5.74, 6) is 2.87. The summed E-state index contributed by atoms with van der Waals surface area (Å²) in [6.07, 6.45) is 25.7. The van der Waals surface area contributed by atoms with Crippen molar-refractivity contribution in [3.8, 4) is 5.75 Å². The second kappa shape index (κ2) is 18.0. The Morgan fingerprint density at radius 1 is 0.744 bits per heavy atom. The Morgan fingerprint density at radius 2 is 1.30 bits per heavy atom. The normalized spacial score (nSPS) is 27.8. The standard InChI is InChI=1S/C39H60O4/c1-4-7-9-12-29-14-18-32(19-15-29)38(40)42-36-25-22-31(23-26-36)34-24-27-37(35(28-34)11-6-3)43-39(41)33-20-16-30(17-21-33)13-10-8-5-2/h6,24,27-33,36H,3-5,7-23,25-26H2,1-2H3. The molecule has 0 bridgehead atoms. The Balaban J connectivity index is 1.22. The minimum atomic E-state index is -0.0580. The number of hydrogen-bond acceptors (Lipinski definition) is 4. The molecule has 0 amide bonds. The molecular formula is C39H60O4. The maximum absolute atomic E-state index is 13.1. The Morgan fingerprint density at radius 3 is 1.84 bits per heavy atom. The highest BCUT2D eigenvalue weighted by Crippen LogP contribution is 2.39. The fourth-order valence-electron chi connectivity index (χ4n) is 7.97. The average molecular weight is 593 g/mol. The predicted molar refractivity (Wildman–Crippen MR) is 176 cm³/mol. The van der Waals surface area contributed by atoms with Crippen molar-refractivity contribution in [2.75, 3.05) is 0 Å². The number of rotatable bonds is 15. The molecule has 0 unspecified atom stereocenters. The van der Waals surface area contributed by atoms with E-state index in [9.17, 15) is 9.59 Å². The minimum Gasteiger partial charge on any atom is -0.462 e. The summed E-state index contributed by atoms with van der Waals surface area (Å²) in [5.41, 5.74) is 2.35. The van der Waals surface area contributed by atoms with E-state index in [-0.39, 0.29) is 29.9 Å². The first kappa shape index (κ1) is 33.8. The monoisotopic (exact) mass is 592 g/mol. The average Bonchev–Trinajstić information content (AvgIpc) is 3.03. The van der Waals surface area contributed by atoms with Gasteiger partial charge in [-0.05, 0) is 118 Å². The van der Waals surface area contributed by atoms with E-state index < -0.39 is 0 Å². The Hall–Kier alpha value is -2.10. The molecule has 4 heteroatoms. The zero-order valence-corrected chi connectivity index (χ0v) is 27.5. The van der Waals surface area contributed by atoms with Crippen LogP contribution in [0.5, 0.6) is 5.75 Å². The number of unbranched alkanes of at least 4 members (excludes halogenated alkanes) is 4. The first-order valence-corrected chi connectivity index (χ1v) is 18.2. The van der Waals surface area contributed by atoms with E-state index in [1.165, 1.54) is 69.8 Å². The van der Waals surface area contributed by atoms with Crippen molar-refractivity contribution >= 4 is 11.9 Å². The maximum atomic E-state index is 13.1. The fraction of sp³-hybridized carbons (Fsp3) is 0.744. The van der Waals surface area contributed by atoms with Crippen LogP contribution < -0.4 is 4.74 Å². The molecule has 1 aromatic carbocycles. The van der Waals surface area contributed by atoms with E-state index in [2.05, 4.69) is 32.6 Å². The first-order valence-electron chi connectivity index (χ1n) is 18.2. The van der Waals surface area contributed by atoms with E-state index in [1.807, 2.05) is 12.1 Å². The third-order valence-electron chi connectivity index (χ3n) is 10.9. The van der Waals surface area contributed by atoms with Gasteiger partial charge in [-0.25, -0.2) is 0 Å². The molecule has 1 aromatic rings. The quantitative estimate of drug-likeness (QED) is 0.0880. The molecular weight excluding hydrogens is 532 g/mol. The van der Waals surface area contributed by atoms with Gasteiger partial charge in [0.05, 0.1) is 11.8 Å². The highest BCUT2D eigenvalue weighted by Gasteiger charge is 2.32. The molecule has 0 spiro atoms. The van der Waals surface area contributed by atoms with Crippen molar-refractivity contribution in [3.63, 3.8) is 0 Å². The summed E-state index contributed by atoms with van der Waals surface area (Å²) in [7, 11) is 0. The van der Waals surface area contributed by atoms with Crippen LogP contribution in [-0.4, -0.2) is 18.0 Å². The SMILES string of the molecule is C=CCc1cc(C2CCC(OC(=O)C3CCC(CCCCC)CC3)CC2)ccc1OC(=O)C1CCC(CCCCC)CC1. The van der Waals surface area contributed by atoms with Gasteiger partial charge in [-0.1, -0.05) is 83.4 Å². The molecule has 3 aliphatic carbocycles. The van der Waals surface area contributed by atoms with E-state index >= 15 is 0 Å². The van der Waals surface area contributed by atoms with Gasteiger partial charge in [0.2, 0.25) is 0 Å². The van der Waals surface area contributed by atoms with Crippen molar-refractivity contribution in [2.45, 2.75) is 161 Å². The minimum absolute atomic E-state index is 0.0255. The second-order valence-electron chi connectivity index (χ2n) is 14.1.